The molecule has 0 aliphatic heterocycles. The molecule has 0 aliphatic rings. The predicted octanol–water partition coefficient (Wildman–Crippen LogP) is 1.67. The lowest BCUT2D eigenvalue weighted by Gasteiger charge is -2.05. The number of imidazole rings is 1. The number of anilines is 1. The Morgan fingerprint density at radius 1 is 1.29 bits per heavy atom. The molecule has 106 valence electrons. The molecule has 2 aromatic heterocycles. The van der Waals surface area contributed by atoms with Gasteiger partial charge in [-0.15, -0.1) is 0 Å². The summed E-state index contributed by atoms with van der Waals surface area (Å²) in [7, 11) is 0. The highest BCUT2D eigenvalue weighted by atomic mass is 35.5. The van der Waals surface area contributed by atoms with Crippen molar-refractivity contribution in [3.8, 4) is 5.75 Å². The highest BCUT2D eigenvalue weighted by molar-refractivity contribution is 6.33. The number of para-hydroxylation sites is 1. The van der Waals surface area contributed by atoms with Crippen molar-refractivity contribution in [3.63, 3.8) is 0 Å². The lowest BCUT2D eigenvalue weighted by atomic mass is 10.3. The van der Waals surface area contributed by atoms with Gasteiger partial charge in [-0.05, 0) is 12.1 Å². The second-order valence-corrected chi connectivity index (χ2v) is 4.56. The van der Waals surface area contributed by atoms with Crippen LogP contribution in [0, 0.1) is 0 Å². The Labute approximate surface area is 124 Å². The minimum atomic E-state index is -0.450. The van der Waals surface area contributed by atoms with Crippen molar-refractivity contribution in [1.82, 2.24) is 19.5 Å². The van der Waals surface area contributed by atoms with Crippen molar-refractivity contribution in [2.24, 2.45) is 0 Å². The number of fused-ring (bicyclic) bond motifs is 1. The zero-order chi connectivity index (χ0) is 14.8. The molecule has 0 aliphatic carbocycles. The van der Waals surface area contributed by atoms with Crippen LogP contribution in [0.2, 0.25) is 5.15 Å². The minimum Gasteiger partial charge on any atom is -0.425 e. The second-order valence-electron chi connectivity index (χ2n) is 4.20. The number of nitrogens with two attached hydrogens (primary N) is 1. The highest BCUT2D eigenvalue weighted by Gasteiger charge is 2.14. The summed E-state index contributed by atoms with van der Waals surface area (Å²) in [5, 5.41) is 0.146. The molecule has 0 unspecified atom stereocenters. The van der Waals surface area contributed by atoms with Crippen molar-refractivity contribution in [2.45, 2.75) is 6.54 Å². The number of ether oxygens (including phenoxy) is 1. The van der Waals surface area contributed by atoms with E-state index in [0.717, 1.165) is 0 Å². The zero-order valence-electron chi connectivity index (χ0n) is 10.7. The van der Waals surface area contributed by atoms with Gasteiger partial charge in [0.05, 0.1) is 6.33 Å². The Hall–Kier alpha value is -2.67. The molecule has 0 amide bonds. The number of hydrogen-bond donors (Lipinski definition) is 1. The zero-order valence-corrected chi connectivity index (χ0v) is 11.5. The molecular formula is C13H10ClN5O2. The van der Waals surface area contributed by atoms with Gasteiger partial charge in [0.1, 0.15) is 17.8 Å². The summed E-state index contributed by atoms with van der Waals surface area (Å²) in [6, 6.07) is 8.79. The van der Waals surface area contributed by atoms with Crippen LogP contribution in [0.4, 0.5) is 5.95 Å². The van der Waals surface area contributed by atoms with Gasteiger partial charge in [0.25, 0.3) is 0 Å². The molecule has 1 aromatic carbocycles. The van der Waals surface area contributed by atoms with Crippen molar-refractivity contribution in [3.05, 3.63) is 41.8 Å². The van der Waals surface area contributed by atoms with E-state index in [0.29, 0.717) is 16.9 Å². The fraction of sp³-hybridized carbons (Fsp3) is 0.0769. The molecule has 0 fully saturated rings. The summed E-state index contributed by atoms with van der Waals surface area (Å²) >= 11 is 5.92. The largest absolute Gasteiger partial charge is 0.425 e. The number of benzene rings is 1. The van der Waals surface area contributed by atoms with Gasteiger partial charge in [0.15, 0.2) is 10.8 Å². The van der Waals surface area contributed by atoms with Gasteiger partial charge in [-0.1, -0.05) is 29.8 Å². The summed E-state index contributed by atoms with van der Waals surface area (Å²) in [5.74, 6) is 0.0403. The molecular weight excluding hydrogens is 294 g/mol. The number of esters is 1. The number of carbonyl (C=O) groups is 1. The molecule has 0 bridgehead atoms. The number of halogens is 1. The minimum absolute atomic E-state index is 0.0191. The SMILES string of the molecule is Nc1nc(Cl)c2ncn(CC(=O)Oc3ccccc3)c2n1. The van der Waals surface area contributed by atoms with Crippen LogP contribution in [0.5, 0.6) is 5.75 Å². The number of rotatable bonds is 3. The van der Waals surface area contributed by atoms with E-state index in [1.807, 2.05) is 6.07 Å². The molecule has 2 N–H and O–H groups in total. The molecule has 0 saturated heterocycles. The van der Waals surface area contributed by atoms with Crippen molar-refractivity contribution >= 4 is 34.7 Å². The third kappa shape index (κ3) is 2.77. The molecule has 2 heterocycles. The molecule has 7 nitrogen and oxygen atoms in total. The predicted molar refractivity (Wildman–Crippen MR) is 76.8 cm³/mol. The second kappa shape index (κ2) is 5.37. The van der Waals surface area contributed by atoms with E-state index in [4.69, 9.17) is 22.1 Å². The van der Waals surface area contributed by atoms with Crippen LogP contribution < -0.4 is 10.5 Å². The summed E-state index contributed by atoms with van der Waals surface area (Å²) < 4.78 is 6.71. The van der Waals surface area contributed by atoms with Crippen LogP contribution in [0.25, 0.3) is 11.2 Å². The topological polar surface area (TPSA) is 95.9 Å². The monoisotopic (exact) mass is 303 g/mol. The van der Waals surface area contributed by atoms with Crippen molar-refractivity contribution in [1.29, 1.82) is 0 Å². The van der Waals surface area contributed by atoms with Gasteiger partial charge in [0.2, 0.25) is 5.95 Å². The maximum absolute atomic E-state index is 11.9. The summed E-state index contributed by atoms with van der Waals surface area (Å²) in [5.41, 5.74) is 6.32. The first kappa shape index (κ1) is 13.3. The van der Waals surface area contributed by atoms with Gasteiger partial charge in [-0.3, -0.25) is 0 Å². The number of aromatic nitrogens is 4. The van der Waals surface area contributed by atoms with Crippen LogP contribution in [-0.4, -0.2) is 25.5 Å². The molecule has 0 spiro atoms. The number of carbonyl (C=O) groups excluding carboxylic acids is 1. The van der Waals surface area contributed by atoms with E-state index in [-0.39, 0.29) is 17.6 Å². The summed E-state index contributed by atoms with van der Waals surface area (Å²) in [6.45, 7) is -0.0574. The summed E-state index contributed by atoms with van der Waals surface area (Å²) in [6.07, 6.45) is 1.44. The Morgan fingerprint density at radius 3 is 2.81 bits per heavy atom. The molecule has 0 radical (unpaired) electrons. The van der Waals surface area contributed by atoms with Crippen LogP contribution in [-0.2, 0) is 11.3 Å². The number of nitrogens with zero attached hydrogens (tertiary/aromatic N) is 4. The van der Waals surface area contributed by atoms with Crippen LogP contribution in [0.15, 0.2) is 36.7 Å². The average molecular weight is 304 g/mol. The standard InChI is InChI=1S/C13H10ClN5O2/c14-11-10-12(18-13(15)17-11)19(7-16-10)6-9(20)21-8-4-2-1-3-5-8/h1-5,7H,6H2,(H2,15,17,18). The lowest BCUT2D eigenvalue weighted by Crippen LogP contribution is -2.16. The fourth-order valence-corrected chi connectivity index (χ4v) is 2.05. The van der Waals surface area contributed by atoms with Gasteiger partial charge in [0, 0.05) is 0 Å². The number of nitrogen functional groups attached to an aromatic ring is 1. The van der Waals surface area contributed by atoms with E-state index in [1.54, 1.807) is 24.3 Å². The van der Waals surface area contributed by atoms with Crippen molar-refractivity contribution in [2.75, 3.05) is 5.73 Å². The molecule has 0 saturated carbocycles. The first-order valence-corrected chi connectivity index (χ1v) is 6.41. The van der Waals surface area contributed by atoms with Gasteiger partial charge >= 0.3 is 5.97 Å². The molecule has 8 heteroatoms. The van der Waals surface area contributed by atoms with Gasteiger partial charge in [-0.2, -0.15) is 9.97 Å². The quantitative estimate of drug-likeness (QED) is 0.449. The Bertz CT molecular complexity index is 803. The third-order valence-corrected chi connectivity index (χ3v) is 2.98. The maximum Gasteiger partial charge on any atom is 0.331 e. The molecule has 3 rings (SSSR count). The first-order valence-electron chi connectivity index (χ1n) is 6.03. The van der Waals surface area contributed by atoms with E-state index in [9.17, 15) is 4.79 Å². The lowest BCUT2D eigenvalue weighted by molar-refractivity contribution is -0.135. The van der Waals surface area contributed by atoms with E-state index in [1.165, 1.54) is 10.9 Å². The van der Waals surface area contributed by atoms with Gasteiger partial charge in [-0.25, -0.2) is 9.78 Å². The normalized spacial score (nSPS) is 10.7. The van der Waals surface area contributed by atoms with E-state index >= 15 is 0 Å². The highest BCUT2D eigenvalue weighted by Crippen LogP contribution is 2.19. The van der Waals surface area contributed by atoms with E-state index in [2.05, 4.69) is 15.0 Å². The smallest absolute Gasteiger partial charge is 0.331 e. The number of hydrogen-bond acceptors (Lipinski definition) is 6. The third-order valence-electron chi connectivity index (χ3n) is 2.71. The van der Waals surface area contributed by atoms with Crippen LogP contribution in [0.1, 0.15) is 0 Å². The van der Waals surface area contributed by atoms with Crippen molar-refractivity contribution < 1.29 is 9.53 Å². The van der Waals surface area contributed by atoms with E-state index < -0.39 is 5.97 Å². The molecule has 3 aromatic rings. The van der Waals surface area contributed by atoms with Crippen LogP contribution >= 0.6 is 11.6 Å². The molecule has 0 atom stereocenters. The van der Waals surface area contributed by atoms with Gasteiger partial charge < -0.3 is 15.0 Å². The average Bonchev–Trinajstić information content (AvgIpc) is 2.83. The maximum atomic E-state index is 11.9. The fourth-order valence-electron chi connectivity index (χ4n) is 1.83. The van der Waals surface area contributed by atoms with Crippen LogP contribution in [0.3, 0.4) is 0 Å². The first-order chi connectivity index (χ1) is 10.1. The molecule has 21 heavy (non-hydrogen) atoms. The Kier molecular flexibility index (Phi) is 3.41. The Morgan fingerprint density at radius 2 is 2.05 bits per heavy atom. The Balaban J connectivity index is 1.83. The summed E-state index contributed by atoms with van der Waals surface area (Å²) in [4.78, 5) is 23.8.